The molecule has 0 rings (SSSR count). The minimum atomic E-state index is -8.12. The Bertz CT molecular complexity index is 1360. The highest BCUT2D eigenvalue weighted by atomic mass is 19.4. The van der Waals surface area contributed by atoms with Gasteiger partial charge in [-0.3, -0.25) is 0 Å². The molecule has 0 atom stereocenters. The lowest BCUT2D eigenvalue weighted by Crippen LogP contribution is -2.70. The normalized spacial score (nSPS) is 15.6. The minimum absolute atomic E-state index is 0.0146. The first-order chi connectivity index (χ1) is 25.9. The van der Waals surface area contributed by atoms with Crippen LogP contribution in [0, 0.1) is 0 Å². The Morgan fingerprint density at radius 2 is 0.583 bits per heavy atom. The quantitative estimate of drug-likeness (QED) is 0.0444. The summed E-state index contributed by atoms with van der Waals surface area (Å²) in [4.78, 5) is 24.1. The minimum Gasteiger partial charge on any atom is -0.461 e. The standard InChI is InChI=1S/C28H32F26N2O4/c1-55(2,13-15(57)59-11-7-17(29,30)19(33,34)21(37,38)23(41,42)25(45,46)27(49,50)51)9-5-6-10-56(3,4)14-16(58)60-12-8-18(31,32)20(35,36)22(39,40)24(43,44)26(47,48)28(52,53)54/h5-14H2,1-4H3/q+2. The fraction of sp³-hybridized carbons (Fsp3) is 0.929. The largest absolute Gasteiger partial charge is 0.461 e. The number of carbonyl (C=O) groups excluding carboxylic acids is 2. The summed E-state index contributed by atoms with van der Waals surface area (Å²) in [5, 5.41) is 0. The maximum Gasteiger partial charge on any atom is 0.460 e. The third-order valence-corrected chi connectivity index (χ3v) is 8.25. The van der Waals surface area contributed by atoms with Crippen molar-refractivity contribution in [3.63, 3.8) is 0 Å². The number of carbonyl (C=O) groups is 2. The molecule has 0 aromatic heterocycles. The van der Waals surface area contributed by atoms with E-state index in [2.05, 4.69) is 9.47 Å². The number of nitrogens with zero attached hydrogens (tertiary/aromatic N) is 2. The van der Waals surface area contributed by atoms with Crippen LogP contribution in [0.3, 0.4) is 0 Å². The molecule has 32 heteroatoms. The summed E-state index contributed by atoms with van der Waals surface area (Å²) in [6.07, 6.45) is -20.8. The summed E-state index contributed by atoms with van der Waals surface area (Å²) in [5.74, 6) is -79.5. The first-order valence-corrected chi connectivity index (χ1v) is 15.8. The Labute approximate surface area is 319 Å². The van der Waals surface area contributed by atoms with E-state index >= 15 is 0 Å². The van der Waals surface area contributed by atoms with Gasteiger partial charge in [-0.05, 0) is 0 Å². The zero-order valence-electron chi connectivity index (χ0n) is 30.4. The van der Waals surface area contributed by atoms with Crippen molar-refractivity contribution in [3.05, 3.63) is 0 Å². The fourth-order valence-electron chi connectivity index (χ4n) is 4.53. The highest BCUT2D eigenvalue weighted by Crippen LogP contribution is 2.62. The summed E-state index contributed by atoms with van der Waals surface area (Å²) >= 11 is 0. The molecule has 0 aromatic carbocycles. The van der Waals surface area contributed by atoms with E-state index < -0.39 is 132 Å². The number of halogens is 26. The topological polar surface area (TPSA) is 52.6 Å². The lowest BCUT2D eigenvalue weighted by molar-refractivity contribution is -0.889. The molecule has 0 aliphatic carbocycles. The van der Waals surface area contributed by atoms with E-state index in [0.29, 0.717) is 0 Å². The Balaban J connectivity index is 5.21. The number of hydrogen-bond acceptors (Lipinski definition) is 4. The smallest absolute Gasteiger partial charge is 0.460 e. The lowest BCUT2D eigenvalue weighted by atomic mass is 9.93. The molecule has 0 N–H and O–H groups in total. The summed E-state index contributed by atoms with van der Waals surface area (Å²) in [7, 11) is 4.85. The van der Waals surface area contributed by atoms with Crippen molar-refractivity contribution in [3.8, 4) is 0 Å². The number of unbranched alkanes of at least 4 members (excludes halogenated alkanes) is 1. The van der Waals surface area contributed by atoms with Crippen LogP contribution < -0.4 is 0 Å². The number of quaternary nitrogens is 2. The second-order valence-corrected chi connectivity index (χ2v) is 14.3. The predicted octanol–water partition coefficient (Wildman–Crippen LogP) is 9.26. The van der Waals surface area contributed by atoms with E-state index in [1.54, 1.807) is 0 Å². The van der Waals surface area contributed by atoms with Gasteiger partial charge in [-0.1, -0.05) is 0 Å². The first-order valence-electron chi connectivity index (χ1n) is 15.8. The van der Waals surface area contributed by atoms with E-state index in [1.165, 1.54) is 28.2 Å². The van der Waals surface area contributed by atoms with Crippen molar-refractivity contribution >= 4 is 11.9 Å². The van der Waals surface area contributed by atoms with Crippen molar-refractivity contribution in [2.45, 2.75) is 97.3 Å². The number of alkyl halides is 26. The van der Waals surface area contributed by atoms with E-state index in [4.69, 9.17) is 0 Å². The summed E-state index contributed by atoms with van der Waals surface area (Å²) in [6.45, 7) is -5.96. The van der Waals surface area contributed by atoms with Crippen LogP contribution in [0.1, 0.15) is 25.7 Å². The molecule has 0 unspecified atom stereocenters. The average molecular weight is 955 g/mol. The van der Waals surface area contributed by atoms with Gasteiger partial charge in [-0.25, -0.2) is 9.59 Å². The van der Waals surface area contributed by atoms with Gasteiger partial charge in [-0.2, -0.15) is 114 Å². The average Bonchev–Trinajstić information content (AvgIpc) is 3.00. The molecule has 0 aliphatic heterocycles. The van der Waals surface area contributed by atoms with Gasteiger partial charge in [0.2, 0.25) is 0 Å². The Morgan fingerprint density at radius 3 is 0.800 bits per heavy atom. The number of likely N-dealkylation sites (N-methyl/N-ethyl adjacent to an activating group) is 2. The number of hydrogen-bond donors (Lipinski definition) is 0. The highest BCUT2D eigenvalue weighted by molar-refractivity contribution is 5.70. The van der Waals surface area contributed by atoms with Crippen LogP contribution in [0.15, 0.2) is 0 Å². The van der Waals surface area contributed by atoms with Crippen molar-refractivity contribution in [1.29, 1.82) is 0 Å². The fourth-order valence-corrected chi connectivity index (χ4v) is 4.53. The molecule has 358 valence electrons. The molecule has 60 heavy (non-hydrogen) atoms. The number of esters is 2. The van der Waals surface area contributed by atoms with E-state index in [9.17, 15) is 124 Å². The van der Waals surface area contributed by atoms with E-state index in [-0.39, 0.29) is 25.9 Å². The molecule has 0 radical (unpaired) electrons. The molecule has 6 nitrogen and oxygen atoms in total. The third-order valence-electron chi connectivity index (χ3n) is 8.25. The van der Waals surface area contributed by atoms with Crippen LogP contribution >= 0.6 is 0 Å². The molecular formula is C28H32F26N2O4+2. The molecule has 0 saturated heterocycles. The molecule has 0 amide bonds. The van der Waals surface area contributed by atoms with Crippen molar-refractivity contribution in [2.24, 2.45) is 0 Å². The monoisotopic (exact) mass is 954 g/mol. The van der Waals surface area contributed by atoms with Crippen LogP contribution in [-0.4, -0.2) is 160 Å². The molecule has 0 heterocycles. The van der Waals surface area contributed by atoms with Crippen LogP contribution in [0.4, 0.5) is 114 Å². The Kier molecular flexibility index (Phi) is 16.5. The first kappa shape index (κ1) is 57.0. The number of ether oxygens (including phenoxy) is 2. The van der Waals surface area contributed by atoms with Gasteiger partial charge in [-0.15, -0.1) is 0 Å². The molecule has 0 fully saturated rings. The van der Waals surface area contributed by atoms with Gasteiger partial charge in [0.15, 0.2) is 13.1 Å². The van der Waals surface area contributed by atoms with Crippen LogP contribution in [0.5, 0.6) is 0 Å². The SMILES string of the molecule is C[N+](C)(CCCC[N+](C)(C)CC(=O)OCCC(F)(F)C(F)(F)C(F)(F)C(F)(F)C(F)(F)C(F)(F)F)CC(=O)OCCC(F)(F)C(F)(F)C(F)(F)C(F)(F)C(F)(F)C(F)(F)F. The zero-order valence-corrected chi connectivity index (χ0v) is 30.4. The van der Waals surface area contributed by atoms with Crippen LogP contribution in [0.2, 0.25) is 0 Å². The van der Waals surface area contributed by atoms with Crippen molar-refractivity contribution in [1.82, 2.24) is 0 Å². The Morgan fingerprint density at radius 1 is 0.367 bits per heavy atom. The van der Waals surface area contributed by atoms with Gasteiger partial charge in [0.25, 0.3) is 0 Å². The highest BCUT2D eigenvalue weighted by Gasteiger charge is 2.92. The zero-order chi connectivity index (χ0) is 48.6. The summed E-state index contributed by atoms with van der Waals surface area (Å²) in [5.41, 5.74) is 0. The van der Waals surface area contributed by atoms with Gasteiger partial charge in [0.1, 0.15) is 0 Å². The van der Waals surface area contributed by atoms with Gasteiger partial charge >= 0.3 is 83.5 Å². The molecule has 0 aromatic rings. The Hall–Kier alpha value is -2.96. The maximum absolute atomic E-state index is 13.9. The molecule has 0 bridgehead atoms. The number of rotatable bonds is 23. The van der Waals surface area contributed by atoms with E-state index in [0.717, 1.165) is 0 Å². The van der Waals surface area contributed by atoms with Gasteiger partial charge < -0.3 is 18.4 Å². The maximum atomic E-state index is 13.9. The second-order valence-electron chi connectivity index (χ2n) is 14.3. The van der Waals surface area contributed by atoms with Gasteiger partial charge in [0, 0.05) is 12.8 Å². The van der Waals surface area contributed by atoms with Gasteiger partial charge in [0.05, 0.1) is 67.3 Å². The second kappa shape index (κ2) is 17.3. The summed E-state index contributed by atoms with van der Waals surface area (Å²) < 4.78 is 351. The van der Waals surface area contributed by atoms with Crippen LogP contribution in [0.25, 0.3) is 0 Å². The van der Waals surface area contributed by atoms with Crippen molar-refractivity contribution in [2.75, 3.05) is 67.6 Å². The molecular weight excluding hydrogens is 922 g/mol. The lowest BCUT2D eigenvalue weighted by Gasteiger charge is -2.39. The predicted molar refractivity (Wildman–Crippen MR) is 146 cm³/mol. The molecule has 0 spiro atoms. The molecule has 0 saturated carbocycles. The van der Waals surface area contributed by atoms with E-state index in [1.807, 2.05) is 0 Å². The van der Waals surface area contributed by atoms with Crippen LogP contribution in [-0.2, 0) is 19.1 Å². The van der Waals surface area contributed by atoms with Crippen molar-refractivity contribution < 1.29 is 142 Å². The molecule has 0 aliphatic rings. The summed E-state index contributed by atoms with van der Waals surface area (Å²) in [6, 6.07) is 0. The third kappa shape index (κ3) is 11.2.